The van der Waals surface area contributed by atoms with E-state index >= 15 is 0 Å². The molecule has 0 saturated carbocycles. The number of carboxylic acids is 1. The van der Waals surface area contributed by atoms with Crippen LogP contribution in [0.2, 0.25) is 0 Å². The molecule has 0 fully saturated rings. The Hall–Kier alpha value is -1.68. The van der Waals surface area contributed by atoms with Crippen molar-refractivity contribution >= 4 is 38.4 Å². The zero-order chi connectivity index (χ0) is 15.9. The normalized spacial score (nSPS) is 11.1. The molecule has 0 saturated heterocycles. The monoisotopic (exact) mass is 335 g/mol. The van der Waals surface area contributed by atoms with Crippen molar-refractivity contribution in [1.82, 2.24) is 10.3 Å². The van der Waals surface area contributed by atoms with Crippen LogP contribution in [0, 0.1) is 0 Å². The number of amides is 1. The number of carbonyl (C=O) groups excluding carboxylic acids is 1. The molecular weight excluding hydrogens is 318 g/mol. The van der Waals surface area contributed by atoms with Crippen LogP contribution in [0.15, 0.2) is 5.38 Å². The second-order valence-electron chi connectivity index (χ2n) is 4.21. The largest absolute Gasteiger partial charge is 0.481 e. The molecule has 0 unspecified atom stereocenters. The Labute approximate surface area is 126 Å². The Kier molecular flexibility index (Phi) is 6.56. The highest BCUT2D eigenvalue weighted by Crippen LogP contribution is 2.17. The third-order valence-corrected chi connectivity index (χ3v) is 4.59. The zero-order valence-electron chi connectivity index (χ0n) is 11.5. The smallest absolute Gasteiger partial charge is 0.305 e. The number of sulfonamides is 1. The van der Waals surface area contributed by atoms with E-state index in [-0.39, 0.29) is 29.5 Å². The lowest BCUT2D eigenvalue weighted by molar-refractivity contribution is -0.136. The Morgan fingerprint density at radius 1 is 1.43 bits per heavy atom. The van der Waals surface area contributed by atoms with Crippen LogP contribution in [0.1, 0.15) is 36.7 Å². The molecule has 0 aliphatic rings. The van der Waals surface area contributed by atoms with E-state index in [0.29, 0.717) is 6.42 Å². The van der Waals surface area contributed by atoms with Gasteiger partial charge in [0, 0.05) is 11.9 Å². The number of carboxylic acid groups (broad SMARTS) is 1. The molecule has 3 N–H and O–H groups in total. The SMILES string of the molecule is CCCCS(=O)(=O)Nc1nc(C(=O)NCCC(=O)O)cs1. The average molecular weight is 335 g/mol. The molecule has 1 aromatic heterocycles. The fourth-order valence-corrected chi connectivity index (χ4v) is 3.51. The van der Waals surface area contributed by atoms with Gasteiger partial charge in [-0.15, -0.1) is 11.3 Å². The molecule has 1 heterocycles. The molecule has 118 valence electrons. The first-order valence-corrected chi connectivity index (χ1v) is 8.83. The van der Waals surface area contributed by atoms with Gasteiger partial charge in [0.25, 0.3) is 5.91 Å². The molecule has 0 aromatic carbocycles. The number of nitrogens with one attached hydrogen (secondary N) is 2. The number of unbranched alkanes of at least 4 members (excludes halogenated alkanes) is 1. The van der Waals surface area contributed by atoms with E-state index in [1.807, 2.05) is 6.92 Å². The predicted molar refractivity (Wildman–Crippen MR) is 79.0 cm³/mol. The van der Waals surface area contributed by atoms with E-state index in [9.17, 15) is 18.0 Å². The number of hydrogen-bond acceptors (Lipinski definition) is 6. The summed E-state index contributed by atoms with van der Waals surface area (Å²) in [5, 5.41) is 12.4. The highest BCUT2D eigenvalue weighted by Gasteiger charge is 2.15. The van der Waals surface area contributed by atoms with E-state index < -0.39 is 21.9 Å². The number of rotatable bonds is 9. The number of carbonyl (C=O) groups is 2. The van der Waals surface area contributed by atoms with Crippen LogP contribution < -0.4 is 10.0 Å². The van der Waals surface area contributed by atoms with Gasteiger partial charge in [-0.2, -0.15) is 0 Å². The number of nitrogens with zero attached hydrogens (tertiary/aromatic N) is 1. The summed E-state index contributed by atoms with van der Waals surface area (Å²) in [7, 11) is -3.45. The molecule has 0 bridgehead atoms. The van der Waals surface area contributed by atoms with Crippen LogP contribution in [-0.2, 0) is 14.8 Å². The van der Waals surface area contributed by atoms with Crippen molar-refractivity contribution in [3.8, 4) is 0 Å². The minimum absolute atomic E-state index is 0.00320. The van der Waals surface area contributed by atoms with Gasteiger partial charge in [-0.1, -0.05) is 13.3 Å². The number of thiazole rings is 1. The third kappa shape index (κ3) is 6.54. The summed E-state index contributed by atoms with van der Waals surface area (Å²) in [5.74, 6) is -1.55. The highest BCUT2D eigenvalue weighted by molar-refractivity contribution is 7.92. The number of aliphatic carboxylic acids is 1. The number of anilines is 1. The Morgan fingerprint density at radius 2 is 2.14 bits per heavy atom. The van der Waals surface area contributed by atoms with Crippen LogP contribution >= 0.6 is 11.3 Å². The van der Waals surface area contributed by atoms with E-state index in [0.717, 1.165) is 17.8 Å². The second kappa shape index (κ2) is 7.93. The Balaban J connectivity index is 2.56. The first kappa shape index (κ1) is 17.4. The molecule has 1 aromatic rings. The maximum Gasteiger partial charge on any atom is 0.305 e. The minimum atomic E-state index is -3.45. The number of hydrogen-bond donors (Lipinski definition) is 3. The summed E-state index contributed by atoms with van der Waals surface area (Å²) in [5.41, 5.74) is 0.0542. The van der Waals surface area contributed by atoms with Gasteiger partial charge in [0.05, 0.1) is 12.2 Å². The Morgan fingerprint density at radius 3 is 2.76 bits per heavy atom. The van der Waals surface area contributed by atoms with Crippen LogP contribution in [0.4, 0.5) is 5.13 Å². The second-order valence-corrected chi connectivity index (χ2v) is 6.91. The fraction of sp³-hybridized carbons (Fsp3) is 0.545. The van der Waals surface area contributed by atoms with Crippen molar-refractivity contribution in [2.45, 2.75) is 26.2 Å². The van der Waals surface area contributed by atoms with Crippen LogP contribution in [0.5, 0.6) is 0 Å². The molecule has 8 nitrogen and oxygen atoms in total. The van der Waals surface area contributed by atoms with Crippen LogP contribution in [0.25, 0.3) is 0 Å². The van der Waals surface area contributed by atoms with Gasteiger partial charge in [0.1, 0.15) is 5.69 Å². The lowest BCUT2D eigenvalue weighted by Gasteiger charge is -2.03. The maximum absolute atomic E-state index is 11.7. The summed E-state index contributed by atoms with van der Waals surface area (Å²) >= 11 is 0.999. The molecule has 1 amide bonds. The quantitative estimate of drug-likeness (QED) is 0.615. The molecule has 1 rings (SSSR count). The minimum Gasteiger partial charge on any atom is -0.481 e. The summed E-state index contributed by atoms with van der Waals surface area (Å²) < 4.78 is 25.7. The lowest BCUT2D eigenvalue weighted by Crippen LogP contribution is -2.26. The first-order chi connectivity index (χ1) is 9.84. The van der Waals surface area contributed by atoms with Gasteiger partial charge in [-0.3, -0.25) is 14.3 Å². The maximum atomic E-state index is 11.7. The summed E-state index contributed by atoms with van der Waals surface area (Å²) in [6.07, 6.45) is 1.12. The lowest BCUT2D eigenvalue weighted by atomic mass is 10.4. The van der Waals surface area contributed by atoms with Gasteiger partial charge >= 0.3 is 5.97 Å². The van der Waals surface area contributed by atoms with Gasteiger partial charge in [-0.05, 0) is 6.42 Å². The first-order valence-electron chi connectivity index (χ1n) is 6.30. The van der Waals surface area contributed by atoms with Crippen LogP contribution in [0.3, 0.4) is 0 Å². The average Bonchev–Trinajstić information content (AvgIpc) is 2.83. The molecular formula is C11H17N3O5S2. The van der Waals surface area contributed by atoms with Gasteiger partial charge < -0.3 is 10.4 Å². The van der Waals surface area contributed by atoms with Gasteiger partial charge in [0.15, 0.2) is 5.13 Å². The fourth-order valence-electron chi connectivity index (χ4n) is 1.32. The number of aromatic nitrogens is 1. The topological polar surface area (TPSA) is 125 Å². The van der Waals surface area contributed by atoms with E-state index in [1.54, 1.807) is 0 Å². The summed E-state index contributed by atoms with van der Waals surface area (Å²) in [6, 6.07) is 0. The van der Waals surface area contributed by atoms with Gasteiger partial charge in [-0.25, -0.2) is 13.4 Å². The van der Waals surface area contributed by atoms with Crippen molar-refractivity contribution in [2.24, 2.45) is 0 Å². The molecule has 21 heavy (non-hydrogen) atoms. The van der Waals surface area contributed by atoms with Crippen molar-refractivity contribution in [3.05, 3.63) is 11.1 Å². The van der Waals surface area contributed by atoms with Gasteiger partial charge in [0.2, 0.25) is 10.0 Å². The van der Waals surface area contributed by atoms with Crippen molar-refractivity contribution in [3.63, 3.8) is 0 Å². The molecule has 10 heteroatoms. The Bertz CT molecular complexity index is 597. The summed E-state index contributed by atoms with van der Waals surface area (Å²) in [6.45, 7) is 1.88. The predicted octanol–water partition coefficient (Wildman–Crippen LogP) is 0.889. The zero-order valence-corrected chi connectivity index (χ0v) is 13.1. The molecule has 0 aliphatic heterocycles. The molecule has 0 spiro atoms. The third-order valence-electron chi connectivity index (χ3n) is 2.37. The molecule has 0 aliphatic carbocycles. The van der Waals surface area contributed by atoms with Crippen LogP contribution in [-0.4, -0.2) is 42.7 Å². The highest BCUT2D eigenvalue weighted by atomic mass is 32.2. The summed E-state index contributed by atoms with van der Waals surface area (Å²) in [4.78, 5) is 25.8. The van der Waals surface area contributed by atoms with Crippen molar-refractivity contribution in [1.29, 1.82) is 0 Å². The van der Waals surface area contributed by atoms with E-state index in [4.69, 9.17) is 5.11 Å². The molecule has 0 radical (unpaired) electrons. The van der Waals surface area contributed by atoms with E-state index in [1.165, 1.54) is 5.38 Å². The molecule has 0 atom stereocenters. The van der Waals surface area contributed by atoms with E-state index in [2.05, 4.69) is 15.0 Å². The van der Waals surface area contributed by atoms with Crippen molar-refractivity contribution < 1.29 is 23.1 Å². The van der Waals surface area contributed by atoms with Crippen molar-refractivity contribution in [2.75, 3.05) is 17.0 Å². The standard InChI is InChI=1S/C11H17N3O5S2/c1-2-3-6-21(18,19)14-11-13-8(7-20-11)10(17)12-5-4-9(15)16/h7H,2-6H2,1H3,(H,12,17)(H,13,14)(H,15,16).